The summed E-state index contributed by atoms with van der Waals surface area (Å²) in [6.45, 7) is -0.0190. The highest BCUT2D eigenvalue weighted by molar-refractivity contribution is 5.91. The van der Waals surface area contributed by atoms with Crippen LogP contribution in [0.5, 0.6) is 11.6 Å². The van der Waals surface area contributed by atoms with Gasteiger partial charge in [0.05, 0.1) is 0 Å². The van der Waals surface area contributed by atoms with Crippen LogP contribution in [-0.2, 0) is 11.3 Å². The van der Waals surface area contributed by atoms with Crippen molar-refractivity contribution in [1.29, 1.82) is 0 Å². The zero-order valence-corrected chi connectivity index (χ0v) is 14.8. The van der Waals surface area contributed by atoms with Gasteiger partial charge < -0.3 is 13.9 Å². The number of ether oxygens (including phenoxy) is 2. The molecule has 0 atom stereocenters. The number of esters is 1. The molecule has 4 rings (SSSR count). The molecular formula is C22H16N2O4. The number of benzene rings is 2. The molecule has 0 N–H and O–H groups in total. The number of pyridine rings is 1. The Hall–Kier alpha value is -3.93. The lowest BCUT2D eigenvalue weighted by Gasteiger charge is -2.09. The molecule has 0 aliphatic rings. The monoisotopic (exact) mass is 372 g/mol. The normalized spacial score (nSPS) is 10.4. The molecule has 2 aromatic heterocycles. The van der Waals surface area contributed by atoms with E-state index in [4.69, 9.17) is 13.9 Å². The molecule has 2 aromatic carbocycles. The molecule has 6 nitrogen and oxygen atoms in total. The Morgan fingerprint density at radius 1 is 0.929 bits per heavy atom. The second-order valence-corrected chi connectivity index (χ2v) is 5.86. The Morgan fingerprint density at radius 2 is 1.68 bits per heavy atom. The number of nitrogens with zero attached hydrogens (tertiary/aromatic N) is 2. The maximum atomic E-state index is 12.5. The van der Waals surface area contributed by atoms with Crippen LogP contribution in [0.3, 0.4) is 0 Å². The number of hydrogen-bond donors (Lipinski definition) is 0. The molecule has 0 amide bonds. The van der Waals surface area contributed by atoms with Gasteiger partial charge in [-0.25, -0.2) is 14.8 Å². The molecule has 0 unspecified atom stereocenters. The number of aromatic nitrogens is 2. The van der Waals surface area contributed by atoms with Crippen molar-refractivity contribution in [3.8, 4) is 23.1 Å². The Morgan fingerprint density at radius 3 is 2.46 bits per heavy atom. The maximum Gasteiger partial charge on any atom is 0.344 e. The molecule has 0 aliphatic carbocycles. The molecule has 0 aliphatic heterocycles. The van der Waals surface area contributed by atoms with Gasteiger partial charge in [0.1, 0.15) is 29.9 Å². The topological polar surface area (TPSA) is 74.5 Å². The summed E-state index contributed by atoms with van der Waals surface area (Å²) in [4.78, 5) is 21.0. The predicted octanol–water partition coefficient (Wildman–Crippen LogP) is 4.89. The maximum absolute atomic E-state index is 12.5. The van der Waals surface area contributed by atoms with Crippen LogP contribution in [-0.4, -0.2) is 15.9 Å². The van der Waals surface area contributed by atoms with Crippen molar-refractivity contribution >= 4 is 5.97 Å². The van der Waals surface area contributed by atoms with Gasteiger partial charge in [-0.1, -0.05) is 36.4 Å². The highest BCUT2D eigenvalue weighted by Crippen LogP contribution is 2.24. The molecule has 2 heterocycles. The highest BCUT2D eigenvalue weighted by Gasteiger charge is 2.17. The van der Waals surface area contributed by atoms with E-state index in [0.717, 1.165) is 5.56 Å². The molecule has 0 spiro atoms. The van der Waals surface area contributed by atoms with Crippen molar-refractivity contribution in [2.45, 2.75) is 6.61 Å². The SMILES string of the molecule is O=C(OCc1coc(-c2ccccc2)n1)c1cccnc1Oc1ccccc1. The largest absolute Gasteiger partial charge is 0.455 e. The van der Waals surface area contributed by atoms with Crippen LogP contribution in [0, 0.1) is 0 Å². The summed E-state index contributed by atoms with van der Waals surface area (Å²) in [6.07, 6.45) is 3.03. The quantitative estimate of drug-likeness (QED) is 0.449. The van der Waals surface area contributed by atoms with E-state index in [1.807, 2.05) is 48.5 Å². The van der Waals surface area contributed by atoms with E-state index < -0.39 is 5.97 Å². The fourth-order valence-electron chi connectivity index (χ4n) is 2.53. The van der Waals surface area contributed by atoms with Gasteiger partial charge in [-0.3, -0.25) is 0 Å². The average Bonchev–Trinajstić information content (AvgIpc) is 3.23. The summed E-state index contributed by atoms with van der Waals surface area (Å²) in [6, 6.07) is 21.9. The van der Waals surface area contributed by atoms with Gasteiger partial charge in [-0.05, 0) is 36.4 Å². The summed E-state index contributed by atoms with van der Waals surface area (Å²) < 4.78 is 16.5. The van der Waals surface area contributed by atoms with E-state index in [1.165, 1.54) is 6.26 Å². The first-order valence-corrected chi connectivity index (χ1v) is 8.64. The Kier molecular flexibility index (Phi) is 5.11. The smallest absolute Gasteiger partial charge is 0.344 e. The van der Waals surface area contributed by atoms with Gasteiger partial charge in [-0.2, -0.15) is 0 Å². The van der Waals surface area contributed by atoms with E-state index in [0.29, 0.717) is 17.3 Å². The van der Waals surface area contributed by atoms with Crippen molar-refractivity contribution in [1.82, 2.24) is 9.97 Å². The number of rotatable bonds is 6. The van der Waals surface area contributed by atoms with Crippen molar-refractivity contribution in [2.75, 3.05) is 0 Å². The number of oxazole rings is 1. The fraction of sp³-hybridized carbons (Fsp3) is 0.0455. The van der Waals surface area contributed by atoms with E-state index in [2.05, 4.69) is 9.97 Å². The lowest BCUT2D eigenvalue weighted by molar-refractivity contribution is 0.0464. The summed E-state index contributed by atoms with van der Waals surface area (Å²) in [5.41, 5.74) is 1.60. The van der Waals surface area contributed by atoms with Gasteiger partial charge in [0.2, 0.25) is 11.8 Å². The minimum absolute atomic E-state index is 0.0190. The van der Waals surface area contributed by atoms with E-state index in [1.54, 1.807) is 30.5 Å². The molecule has 138 valence electrons. The molecule has 28 heavy (non-hydrogen) atoms. The second kappa shape index (κ2) is 8.18. The van der Waals surface area contributed by atoms with Crippen LogP contribution < -0.4 is 4.74 Å². The third-order valence-corrected chi connectivity index (χ3v) is 3.87. The fourth-order valence-corrected chi connectivity index (χ4v) is 2.53. The van der Waals surface area contributed by atoms with E-state index in [9.17, 15) is 4.79 Å². The van der Waals surface area contributed by atoms with Gasteiger partial charge in [0.25, 0.3) is 0 Å². The van der Waals surface area contributed by atoms with Crippen molar-refractivity contribution < 1.29 is 18.7 Å². The van der Waals surface area contributed by atoms with E-state index >= 15 is 0 Å². The first-order valence-electron chi connectivity index (χ1n) is 8.64. The molecule has 0 radical (unpaired) electrons. The van der Waals surface area contributed by atoms with Crippen molar-refractivity contribution in [3.05, 3.63) is 96.5 Å². The average molecular weight is 372 g/mol. The first kappa shape index (κ1) is 17.5. The number of carbonyl (C=O) groups excluding carboxylic acids is 1. The predicted molar refractivity (Wildman–Crippen MR) is 102 cm³/mol. The Bertz CT molecular complexity index is 1060. The molecule has 0 saturated heterocycles. The molecule has 6 heteroatoms. The third-order valence-electron chi connectivity index (χ3n) is 3.87. The van der Waals surface area contributed by atoms with Crippen LogP contribution in [0.15, 0.2) is 89.7 Å². The lowest BCUT2D eigenvalue weighted by Crippen LogP contribution is -2.08. The second-order valence-electron chi connectivity index (χ2n) is 5.86. The summed E-state index contributed by atoms with van der Waals surface area (Å²) in [5, 5.41) is 0. The summed E-state index contributed by atoms with van der Waals surface area (Å²) >= 11 is 0. The van der Waals surface area contributed by atoms with Gasteiger partial charge >= 0.3 is 5.97 Å². The van der Waals surface area contributed by atoms with E-state index in [-0.39, 0.29) is 18.1 Å². The van der Waals surface area contributed by atoms with Crippen molar-refractivity contribution in [3.63, 3.8) is 0 Å². The standard InChI is InChI=1S/C22H16N2O4/c25-22(19-12-7-13-23-21(19)28-18-10-5-2-6-11-18)27-15-17-14-26-20(24-17)16-8-3-1-4-9-16/h1-14H,15H2. The number of para-hydroxylation sites is 1. The molecule has 0 saturated carbocycles. The van der Waals surface area contributed by atoms with Crippen LogP contribution in [0.4, 0.5) is 0 Å². The molecule has 0 fully saturated rings. The molecule has 0 bridgehead atoms. The molecular weight excluding hydrogens is 356 g/mol. The van der Waals surface area contributed by atoms with Crippen LogP contribution >= 0.6 is 0 Å². The highest BCUT2D eigenvalue weighted by atomic mass is 16.5. The van der Waals surface area contributed by atoms with Gasteiger partial charge in [0.15, 0.2) is 0 Å². The van der Waals surface area contributed by atoms with Gasteiger partial charge in [0, 0.05) is 11.8 Å². The summed E-state index contributed by atoms with van der Waals surface area (Å²) in [7, 11) is 0. The zero-order valence-electron chi connectivity index (χ0n) is 14.8. The summed E-state index contributed by atoms with van der Waals surface area (Å²) in [5.74, 6) is 0.688. The van der Waals surface area contributed by atoms with Crippen LogP contribution in [0.2, 0.25) is 0 Å². The lowest BCUT2D eigenvalue weighted by atomic mass is 10.2. The Labute approximate surface area is 161 Å². The van der Waals surface area contributed by atoms with Gasteiger partial charge in [-0.15, -0.1) is 0 Å². The van der Waals surface area contributed by atoms with Crippen LogP contribution in [0.25, 0.3) is 11.5 Å². The third kappa shape index (κ3) is 4.07. The van der Waals surface area contributed by atoms with Crippen molar-refractivity contribution in [2.24, 2.45) is 0 Å². The number of hydrogen-bond acceptors (Lipinski definition) is 6. The van der Waals surface area contributed by atoms with Crippen LogP contribution in [0.1, 0.15) is 16.1 Å². The minimum atomic E-state index is -0.553. The first-order chi connectivity index (χ1) is 13.8. The number of carbonyl (C=O) groups is 1. The Balaban J connectivity index is 1.44. The minimum Gasteiger partial charge on any atom is -0.455 e. The zero-order chi connectivity index (χ0) is 19.2. The molecule has 4 aromatic rings.